The average Bonchev–Trinajstić information content (AvgIpc) is 2.20. The van der Waals surface area contributed by atoms with Crippen molar-refractivity contribution in [2.75, 3.05) is 11.5 Å². The van der Waals surface area contributed by atoms with E-state index in [2.05, 4.69) is 16.9 Å². The second-order valence-electron chi connectivity index (χ2n) is 3.26. The van der Waals surface area contributed by atoms with Gasteiger partial charge >= 0.3 is 0 Å². The molecule has 0 saturated carbocycles. The highest BCUT2D eigenvalue weighted by Gasteiger charge is 2.07. The molecule has 0 amide bonds. The molecule has 5 heteroatoms. The van der Waals surface area contributed by atoms with E-state index in [1.54, 1.807) is 11.8 Å². The molecule has 0 saturated heterocycles. The molecule has 0 aliphatic carbocycles. The first-order valence-electron chi connectivity index (χ1n) is 5.14. The Labute approximate surface area is 93.7 Å². The third kappa shape index (κ3) is 3.27. The molecule has 84 valence electrons. The minimum absolute atomic E-state index is 0.0870. The van der Waals surface area contributed by atoms with Crippen LogP contribution in [0.3, 0.4) is 0 Å². The molecular formula is C10H17N3OS. The van der Waals surface area contributed by atoms with Gasteiger partial charge < -0.3 is 10.7 Å². The number of hydrogen-bond acceptors (Lipinski definition) is 4. The normalized spacial score (nSPS) is 10.5. The summed E-state index contributed by atoms with van der Waals surface area (Å²) >= 11 is 1.71. The number of aromatic amines is 1. The van der Waals surface area contributed by atoms with Crippen molar-refractivity contribution in [3.8, 4) is 0 Å². The SMILES string of the molecule is CCCc1c(N)nc(CSCC)[nH]c1=O. The van der Waals surface area contributed by atoms with Crippen LogP contribution in [0.15, 0.2) is 4.79 Å². The Kier molecular flexibility index (Phi) is 4.68. The summed E-state index contributed by atoms with van der Waals surface area (Å²) in [6, 6.07) is 0. The Morgan fingerprint density at radius 2 is 2.20 bits per heavy atom. The largest absolute Gasteiger partial charge is 0.383 e. The van der Waals surface area contributed by atoms with Gasteiger partial charge in [0.1, 0.15) is 11.6 Å². The van der Waals surface area contributed by atoms with Crippen molar-refractivity contribution in [1.82, 2.24) is 9.97 Å². The highest BCUT2D eigenvalue weighted by Crippen LogP contribution is 2.10. The van der Waals surface area contributed by atoms with Gasteiger partial charge in [-0.3, -0.25) is 4.79 Å². The van der Waals surface area contributed by atoms with Crippen LogP contribution in [-0.2, 0) is 12.2 Å². The van der Waals surface area contributed by atoms with Crippen LogP contribution < -0.4 is 11.3 Å². The van der Waals surface area contributed by atoms with Gasteiger partial charge in [-0.1, -0.05) is 20.3 Å². The zero-order valence-electron chi connectivity index (χ0n) is 9.17. The van der Waals surface area contributed by atoms with Crippen molar-refractivity contribution in [3.05, 3.63) is 21.7 Å². The molecule has 0 aromatic carbocycles. The quantitative estimate of drug-likeness (QED) is 0.800. The van der Waals surface area contributed by atoms with Crippen molar-refractivity contribution >= 4 is 17.6 Å². The van der Waals surface area contributed by atoms with Gasteiger partial charge in [0.05, 0.1) is 11.3 Å². The molecule has 0 fully saturated rings. The lowest BCUT2D eigenvalue weighted by atomic mass is 10.2. The molecule has 3 N–H and O–H groups in total. The lowest BCUT2D eigenvalue weighted by Crippen LogP contribution is -2.19. The minimum Gasteiger partial charge on any atom is -0.383 e. The number of nitrogens with two attached hydrogens (primary N) is 1. The Morgan fingerprint density at radius 3 is 2.73 bits per heavy atom. The fourth-order valence-electron chi connectivity index (χ4n) is 1.32. The van der Waals surface area contributed by atoms with E-state index in [1.165, 1.54) is 0 Å². The van der Waals surface area contributed by atoms with E-state index < -0.39 is 0 Å². The predicted molar refractivity (Wildman–Crippen MR) is 65.1 cm³/mol. The summed E-state index contributed by atoms with van der Waals surface area (Å²) in [5.41, 5.74) is 6.27. The maximum Gasteiger partial charge on any atom is 0.256 e. The summed E-state index contributed by atoms with van der Waals surface area (Å²) < 4.78 is 0. The van der Waals surface area contributed by atoms with Crippen LogP contribution in [0.4, 0.5) is 5.82 Å². The van der Waals surface area contributed by atoms with E-state index >= 15 is 0 Å². The van der Waals surface area contributed by atoms with Crippen LogP contribution in [0, 0.1) is 0 Å². The van der Waals surface area contributed by atoms with Gasteiger partial charge in [0.15, 0.2) is 0 Å². The van der Waals surface area contributed by atoms with Crippen LogP contribution in [0.2, 0.25) is 0 Å². The van der Waals surface area contributed by atoms with Crippen LogP contribution >= 0.6 is 11.8 Å². The van der Waals surface area contributed by atoms with E-state index in [9.17, 15) is 4.79 Å². The van der Waals surface area contributed by atoms with Crippen molar-refractivity contribution in [1.29, 1.82) is 0 Å². The molecule has 0 bridgehead atoms. The summed E-state index contributed by atoms with van der Waals surface area (Å²) in [6.07, 6.45) is 1.59. The second-order valence-corrected chi connectivity index (χ2v) is 4.54. The molecule has 0 unspecified atom stereocenters. The lowest BCUT2D eigenvalue weighted by molar-refractivity contribution is 0.874. The molecular weight excluding hydrogens is 210 g/mol. The van der Waals surface area contributed by atoms with E-state index in [0.29, 0.717) is 29.4 Å². The number of H-pyrrole nitrogens is 1. The minimum atomic E-state index is -0.0870. The molecule has 4 nitrogen and oxygen atoms in total. The zero-order chi connectivity index (χ0) is 11.3. The van der Waals surface area contributed by atoms with Crippen LogP contribution in [0.5, 0.6) is 0 Å². The molecule has 0 spiro atoms. The molecule has 0 atom stereocenters. The molecule has 15 heavy (non-hydrogen) atoms. The number of nitrogens with one attached hydrogen (secondary N) is 1. The second kappa shape index (κ2) is 5.80. The monoisotopic (exact) mass is 227 g/mol. The molecule has 1 rings (SSSR count). The van der Waals surface area contributed by atoms with E-state index in [-0.39, 0.29) is 5.56 Å². The highest BCUT2D eigenvalue weighted by molar-refractivity contribution is 7.98. The molecule has 0 aliphatic heterocycles. The van der Waals surface area contributed by atoms with Gasteiger partial charge in [0.2, 0.25) is 0 Å². The topological polar surface area (TPSA) is 71.8 Å². The summed E-state index contributed by atoms with van der Waals surface area (Å²) in [4.78, 5) is 18.6. The first-order valence-corrected chi connectivity index (χ1v) is 6.29. The molecule has 0 radical (unpaired) electrons. The molecule has 1 aromatic heterocycles. The van der Waals surface area contributed by atoms with Crippen molar-refractivity contribution in [3.63, 3.8) is 0 Å². The Morgan fingerprint density at radius 1 is 1.47 bits per heavy atom. The Hall–Kier alpha value is -0.970. The van der Waals surface area contributed by atoms with Gasteiger partial charge in [0, 0.05) is 0 Å². The van der Waals surface area contributed by atoms with E-state index in [4.69, 9.17) is 5.73 Å². The number of anilines is 1. The molecule has 1 aromatic rings. The summed E-state index contributed by atoms with van der Waals surface area (Å²) in [5.74, 6) is 2.76. The summed E-state index contributed by atoms with van der Waals surface area (Å²) in [7, 11) is 0. The Balaban J connectivity index is 2.92. The number of nitrogen functional groups attached to an aromatic ring is 1. The van der Waals surface area contributed by atoms with Crippen molar-refractivity contribution < 1.29 is 0 Å². The third-order valence-electron chi connectivity index (χ3n) is 2.04. The van der Waals surface area contributed by atoms with Crippen LogP contribution in [0.25, 0.3) is 0 Å². The molecule has 0 aliphatic rings. The van der Waals surface area contributed by atoms with Crippen LogP contribution in [0.1, 0.15) is 31.7 Å². The maximum atomic E-state index is 11.6. The number of rotatable bonds is 5. The van der Waals surface area contributed by atoms with Crippen LogP contribution in [-0.4, -0.2) is 15.7 Å². The fourth-order valence-corrected chi connectivity index (χ4v) is 1.86. The van der Waals surface area contributed by atoms with Gasteiger partial charge in [-0.15, -0.1) is 0 Å². The first-order chi connectivity index (χ1) is 7.19. The number of aromatic nitrogens is 2. The van der Waals surface area contributed by atoms with E-state index in [1.807, 2.05) is 6.92 Å². The van der Waals surface area contributed by atoms with Crippen molar-refractivity contribution in [2.45, 2.75) is 32.4 Å². The maximum absolute atomic E-state index is 11.6. The smallest absolute Gasteiger partial charge is 0.256 e. The number of hydrogen-bond donors (Lipinski definition) is 2. The van der Waals surface area contributed by atoms with Gasteiger partial charge in [0.25, 0.3) is 5.56 Å². The summed E-state index contributed by atoms with van der Waals surface area (Å²) in [5, 5.41) is 0. The van der Waals surface area contributed by atoms with Gasteiger partial charge in [-0.2, -0.15) is 11.8 Å². The predicted octanol–water partition coefficient (Wildman–Crippen LogP) is 1.56. The van der Waals surface area contributed by atoms with Crippen molar-refractivity contribution in [2.24, 2.45) is 0 Å². The lowest BCUT2D eigenvalue weighted by Gasteiger charge is -2.05. The number of nitrogens with zero attached hydrogens (tertiary/aromatic N) is 1. The average molecular weight is 227 g/mol. The molecule has 1 heterocycles. The first kappa shape index (κ1) is 12.1. The van der Waals surface area contributed by atoms with E-state index in [0.717, 1.165) is 12.2 Å². The summed E-state index contributed by atoms with van der Waals surface area (Å²) in [6.45, 7) is 4.08. The zero-order valence-corrected chi connectivity index (χ0v) is 9.99. The fraction of sp³-hybridized carbons (Fsp3) is 0.600. The van der Waals surface area contributed by atoms with Gasteiger partial charge in [-0.25, -0.2) is 4.98 Å². The van der Waals surface area contributed by atoms with Gasteiger partial charge in [-0.05, 0) is 12.2 Å². The standard InChI is InChI=1S/C10H17N3OS/c1-3-5-7-9(11)12-8(6-15-4-2)13-10(7)14/h3-6H2,1-2H3,(H3,11,12,13,14). The number of thioether (sulfide) groups is 1. The third-order valence-corrected chi connectivity index (χ3v) is 2.93. The highest BCUT2D eigenvalue weighted by atomic mass is 32.2. The Bertz CT molecular complexity index is 375.